The zero-order chi connectivity index (χ0) is 11.5. The van der Waals surface area contributed by atoms with E-state index in [4.69, 9.17) is 5.26 Å². The van der Waals surface area contributed by atoms with E-state index in [1.54, 1.807) is 11.0 Å². The summed E-state index contributed by atoms with van der Waals surface area (Å²) in [5.74, 6) is 0.116. The average molecular weight is 279 g/mol. The lowest BCUT2D eigenvalue weighted by molar-refractivity contribution is -0.119. The Labute approximate surface area is 103 Å². The molecule has 0 radical (unpaired) electrons. The van der Waals surface area contributed by atoms with Crippen molar-refractivity contribution >= 4 is 27.5 Å². The zero-order valence-corrected chi connectivity index (χ0v) is 10.3. The van der Waals surface area contributed by atoms with Gasteiger partial charge in [0.2, 0.25) is 5.91 Å². The first-order valence-electron chi connectivity index (χ1n) is 5.22. The minimum atomic E-state index is 0.116. The molecule has 0 spiro atoms. The molecular formula is C12H11BrN2O. The molecule has 1 aliphatic heterocycles. The summed E-state index contributed by atoms with van der Waals surface area (Å²) in [5.41, 5.74) is 1.28. The second-order valence-electron chi connectivity index (χ2n) is 3.78. The highest BCUT2D eigenvalue weighted by Crippen LogP contribution is 2.27. The lowest BCUT2D eigenvalue weighted by Crippen LogP contribution is -2.35. The molecule has 0 saturated carbocycles. The molecule has 0 atom stereocenters. The average Bonchev–Trinajstić information content (AvgIpc) is 2.30. The number of piperidine rings is 1. The Hall–Kier alpha value is -1.34. The van der Waals surface area contributed by atoms with Crippen molar-refractivity contribution in [2.24, 2.45) is 0 Å². The number of carbonyl (C=O) groups is 1. The predicted molar refractivity (Wildman–Crippen MR) is 65.1 cm³/mol. The number of amides is 1. The van der Waals surface area contributed by atoms with Crippen molar-refractivity contribution in [3.63, 3.8) is 0 Å². The molecule has 1 saturated heterocycles. The van der Waals surface area contributed by atoms with Gasteiger partial charge in [0.25, 0.3) is 0 Å². The van der Waals surface area contributed by atoms with Crippen LogP contribution in [-0.2, 0) is 4.79 Å². The smallest absolute Gasteiger partial charge is 0.227 e. The van der Waals surface area contributed by atoms with Gasteiger partial charge < -0.3 is 4.90 Å². The summed E-state index contributed by atoms with van der Waals surface area (Å²) >= 11 is 3.32. The first kappa shape index (κ1) is 11.2. The summed E-state index contributed by atoms with van der Waals surface area (Å²) in [6, 6.07) is 7.56. The Bertz CT molecular complexity index is 465. The van der Waals surface area contributed by atoms with Crippen LogP contribution in [0.25, 0.3) is 0 Å². The highest BCUT2D eigenvalue weighted by Gasteiger charge is 2.21. The van der Waals surface area contributed by atoms with Crippen LogP contribution in [0.1, 0.15) is 24.8 Å². The van der Waals surface area contributed by atoms with E-state index in [1.165, 1.54) is 0 Å². The minimum absolute atomic E-state index is 0.116. The first-order chi connectivity index (χ1) is 7.72. The molecule has 0 bridgehead atoms. The molecule has 1 heterocycles. The van der Waals surface area contributed by atoms with Crippen molar-refractivity contribution in [1.82, 2.24) is 0 Å². The SMILES string of the molecule is N#Cc1cc(Br)ccc1N1CCCCC1=O. The molecule has 2 rings (SSSR count). The third kappa shape index (κ3) is 2.10. The summed E-state index contributed by atoms with van der Waals surface area (Å²) in [4.78, 5) is 13.5. The van der Waals surface area contributed by atoms with Crippen LogP contribution in [0.4, 0.5) is 5.69 Å². The van der Waals surface area contributed by atoms with E-state index in [-0.39, 0.29) is 5.91 Å². The van der Waals surface area contributed by atoms with Crippen molar-refractivity contribution in [3.8, 4) is 6.07 Å². The second kappa shape index (κ2) is 4.67. The highest BCUT2D eigenvalue weighted by molar-refractivity contribution is 9.10. The number of anilines is 1. The van der Waals surface area contributed by atoms with E-state index < -0.39 is 0 Å². The van der Waals surface area contributed by atoms with E-state index in [1.807, 2.05) is 12.1 Å². The van der Waals surface area contributed by atoms with E-state index in [0.717, 1.165) is 29.5 Å². The molecule has 3 nitrogen and oxygen atoms in total. The van der Waals surface area contributed by atoms with Crippen LogP contribution in [0.2, 0.25) is 0 Å². The van der Waals surface area contributed by atoms with Crippen LogP contribution < -0.4 is 4.90 Å². The monoisotopic (exact) mass is 278 g/mol. The molecule has 0 unspecified atom stereocenters. The maximum Gasteiger partial charge on any atom is 0.227 e. The van der Waals surface area contributed by atoms with Crippen molar-refractivity contribution in [2.45, 2.75) is 19.3 Å². The molecule has 82 valence electrons. The summed E-state index contributed by atoms with van der Waals surface area (Å²) < 4.78 is 0.859. The van der Waals surface area contributed by atoms with Gasteiger partial charge in [0.1, 0.15) is 6.07 Å². The maximum absolute atomic E-state index is 11.8. The molecule has 0 aliphatic carbocycles. The topological polar surface area (TPSA) is 44.1 Å². The van der Waals surface area contributed by atoms with Crippen LogP contribution in [0.15, 0.2) is 22.7 Å². The molecule has 4 heteroatoms. The van der Waals surface area contributed by atoms with Crippen molar-refractivity contribution in [1.29, 1.82) is 5.26 Å². The standard InChI is InChI=1S/C12H11BrN2O/c13-10-4-5-11(9(7-10)8-14)15-6-2-1-3-12(15)16/h4-5,7H,1-3,6H2. The molecule has 0 aromatic heterocycles. The number of nitriles is 1. The molecule has 1 amide bonds. The van der Waals surface area contributed by atoms with E-state index in [9.17, 15) is 4.79 Å². The Kier molecular flexibility index (Phi) is 3.25. The lowest BCUT2D eigenvalue weighted by atomic mass is 10.1. The molecule has 1 aliphatic rings. The normalized spacial score (nSPS) is 16.0. The number of benzene rings is 1. The van der Waals surface area contributed by atoms with Crippen LogP contribution in [0, 0.1) is 11.3 Å². The van der Waals surface area contributed by atoms with Gasteiger partial charge in [-0.05, 0) is 31.0 Å². The quantitative estimate of drug-likeness (QED) is 0.793. The summed E-state index contributed by atoms with van der Waals surface area (Å²) in [6.45, 7) is 0.717. The van der Waals surface area contributed by atoms with Gasteiger partial charge in [-0.25, -0.2) is 0 Å². The largest absolute Gasteiger partial charge is 0.311 e. The highest BCUT2D eigenvalue weighted by atomic mass is 79.9. The molecular weight excluding hydrogens is 268 g/mol. The summed E-state index contributed by atoms with van der Waals surface area (Å²) in [5, 5.41) is 9.05. The molecule has 1 fully saturated rings. The van der Waals surface area contributed by atoms with E-state index >= 15 is 0 Å². The Morgan fingerprint density at radius 1 is 1.38 bits per heavy atom. The first-order valence-corrected chi connectivity index (χ1v) is 6.01. The predicted octanol–water partition coefficient (Wildman–Crippen LogP) is 2.84. The van der Waals surface area contributed by atoms with Gasteiger partial charge in [-0.2, -0.15) is 5.26 Å². The van der Waals surface area contributed by atoms with E-state index in [2.05, 4.69) is 22.0 Å². The van der Waals surface area contributed by atoms with Crippen LogP contribution in [0.3, 0.4) is 0 Å². The fourth-order valence-corrected chi connectivity index (χ4v) is 2.25. The number of hydrogen-bond acceptors (Lipinski definition) is 2. The van der Waals surface area contributed by atoms with Crippen LogP contribution in [0.5, 0.6) is 0 Å². The fraction of sp³-hybridized carbons (Fsp3) is 0.333. The Balaban J connectivity index is 2.39. The Morgan fingerprint density at radius 3 is 2.88 bits per heavy atom. The number of nitrogens with zero attached hydrogens (tertiary/aromatic N) is 2. The third-order valence-corrected chi connectivity index (χ3v) is 3.19. The van der Waals surface area contributed by atoms with Crippen molar-refractivity contribution in [2.75, 3.05) is 11.4 Å². The molecule has 0 N–H and O–H groups in total. The molecule has 1 aromatic rings. The van der Waals surface area contributed by atoms with Crippen LogP contribution >= 0.6 is 15.9 Å². The van der Waals surface area contributed by atoms with Crippen molar-refractivity contribution in [3.05, 3.63) is 28.2 Å². The summed E-state index contributed by atoms with van der Waals surface area (Å²) in [7, 11) is 0. The number of hydrogen-bond donors (Lipinski definition) is 0. The maximum atomic E-state index is 11.8. The van der Waals surface area contributed by atoms with Gasteiger partial charge in [0.15, 0.2) is 0 Å². The van der Waals surface area contributed by atoms with Gasteiger partial charge in [0.05, 0.1) is 11.3 Å². The van der Waals surface area contributed by atoms with Gasteiger partial charge in [-0.1, -0.05) is 15.9 Å². The van der Waals surface area contributed by atoms with E-state index in [0.29, 0.717) is 12.0 Å². The van der Waals surface area contributed by atoms with Gasteiger partial charge in [-0.3, -0.25) is 4.79 Å². The number of rotatable bonds is 1. The zero-order valence-electron chi connectivity index (χ0n) is 8.74. The van der Waals surface area contributed by atoms with Gasteiger partial charge in [-0.15, -0.1) is 0 Å². The Morgan fingerprint density at radius 2 is 2.19 bits per heavy atom. The van der Waals surface area contributed by atoms with Crippen LogP contribution in [-0.4, -0.2) is 12.5 Å². The number of halogens is 1. The molecule has 1 aromatic carbocycles. The fourth-order valence-electron chi connectivity index (χ4n) is 1.89. The van der Waals surface area contributed by atoms with Gasteiger partial charge >= 0.3 is 0 Å². The van der Waals surface area contributed by atoms with Gasteiger partial charge in [0, 0.05) is 17.4 Å². The molecule has 16 heavy (non-hydrogen) atoms. The summed E-state index contributed by atoms with van der Waals surface area (Å²) in [6.07, 6.45) is 2.54. The minimum Gasteiger partial charge on any atom is -0.311 e. The number of carbonyl (C=O) groups excluding carboxylic acids is 1. The second-order valence-corrected chi connectivity index (χ2v) is 4.69. The third-order valence-electron chi connectivity index (χ3n) is 2.69. The lowest BCUT2D eigenvalue weighted by Gasteiger charge is -2.27. The van der Waals surface area contributed by atoms with Crippen molar-refractivity contribution < 1.29 is 4.79 Å².